The number of hydrogen-bond acceptors (Lipinski definition) is 3. The third kappa shape index (κ3) is 7.21. The monoisotopic (exact) mass is 426 g/mol. The van der Waals surface area contributed by atoms with Crippen LogP contribution in [-0.4, -0.2) is 34.6 Å². The van der Waals surface area contributed by atoms with Gasteiger partial charge in [-0.05, 0) is 50.8 Å². The smallest absolute Gasteiger partial charge is 0.242 e. The Bertz CT molecular complexity index is 853. The summed E-state index contributed by atoms with van der Waals surface area (Å²) in [6.45, 7) is 10.4. The summed E-state index contributed by atoms with van der Waals surface area (Å²) in [5.74, 6) is 1.01. The minimum Gasteiger partial charge on any atom is -0.352 e. The molecule has 0 saturated carbocycles. The largest absolute Gasteiger partial charge is 0.352 e. The Kier molecular flexibility index (Phi) is 9.44. The molecule has 5 heteroatoms. The molecule has 2 aromatic rings. The van der Waals surface area contributed by atoms with Gasteiger partial charge in [0.25, 0.3) is 0 Å². The van der Waals surface area contributed by atoms with Gasteiger partial charge in [-0.1, -0.05) is 61.0 Å². The maximum atomic E-state index is 13.1. The maximum Gasteiger partial charge on any atom is 0.242 e. The van der Waals surface area contributed by atoms with E-state index in [0.29, 0.717) is 12.3 Å². The van der Waals surface area contributed by atoms with Gasteiger partial charge in [0.05, 0.1) is 5.75 Å². The van der Waals surface area contributed by atoms with Gasteiger partial charge in [-0.15, -0.1) is 11.8 Å². The average molecular weight is 427 g/mol. The van der Waals surface area contributed by atoms with E-state index in [9.17, 15) is 9.59 Å². The maximum absolute atomic E-state index is 13.1. The number of carbonyl (C=O) groups is 2. The van der Waals surface area contributed by atoms with Gasteiger partial charge in [-0.25, -0.2) is 0 Å². The van der Waals surface area contributed by atoms with Crippen molar-refractivity contribution in [3.05, 3.63) is 70.8 Å². The molecule has 4 nitrogen and oxygen atoms in total. The fourth-order valence-electron chi connectivity index (χ4n) is 3.16. The summed E-state index contributed by atoms with van der Waals surface area (Å²) < 4.78 is 0. The lowest BCUT2D eigenvalue weighted by atomic mass is 10.1. The molecule has 162 valence electrons. The molecule has 0 spiro atoms. The summed E-state index contributed by atoms with van der Waals surface area (Å²) in [4.78, 5) is 27.6. The first-order valence-electron chi connectivity index (χ1n) is 10.6. The highest BCUT2D eigenvalue weighted by atomic mass is 32.2. The van der Waals surface area contributed by atoms with Crippen LogP contribution in [-0.2, 0) is 21.9 Å². The zero-order valence-corrected chi connectivity index (χ0v) is 19.6. The molecule has 0 aliphatic carbocycles. The van der Waals surface area contributed by atoms with Crippen molar-refractivity contribution in [3.8, 4) is 0 Å². The lowest BCUT2D eigenvalue weighted by Crippen LogP contribution is -2.50. The molecule has 0 aliphatic rings. The van der Waals surface area contributed by atoms with Crippen LogP contribution in [0.4, 0.5) is 0 Å². The summed E-state index contributed by atoms with van der Waals surface area (Å²) in [6, 6.07) is 15.9. The summed E-state index contributed by atoms with van der Waals surface area (Å²) in [7, 11) is 0. The molecular formula is C25H34N2O2S. The van der Waals surface area contributed by atoms with Crippen molar-refractivity contribution in [1.82, 2.24) is 10.2 Å². The van der Waals surface area contributed by atoms with E-state index in [0.717, 1.165) is 23.3 Å². The van der Waals surface area contributed by atoms with E-state index in [1.807, 2.05) is 58.0 Å². The van der Waals surface area contributed by atoms with Crippen LogP contribution < -0.4 is 5.32 Å². The lowest BCUT2D eigenvalue weighted by molar-refractivity contribution is -0.138. The van der Waals surface area contributed by atoms with Crippen LogP contribution in [0, 0.1) is 13.8 Å². The molecule has 0 radical (unpaired) electrons. The van der Waals surface area contributed by atoms with Crippen LogP contribution in [0.1, 0.15) is 49.4 Å². The first-order chi connectivity index (χ1) is 14.3. The van der Waals surface area contributed by atoms with Crippen LogP contribution in [0.15, 0.2) is 48.5 Å². The predicted molar refractivity (Wildman–Crippen MR) is 126 cm³/mol. The topological polar surface area (TPSA) is 49.4 Å². The number of carbonyl (C=O) groups excluding carboxylic acids is 2. The Morgan fingerprint density at radius 3 is 2.47 bits per heavy atom. The van der Waals surface area contributed by atoms with Crippen LogP contribution in [0.5, 0.6) is 0 Å². The predicted octanol–water partition coefficient (Wildman–Crippen LogP) is 4.87. The molecule has 0 fully saturated rings. The summed E-state index contributed by atoms with van der Waals surface area (Å²) in [5.41, 5.74) is 4.62. The van der Waals surface area contributed by atoms with Gasteiger partial charge in [0, 0.05) is 18.3 Å². The molecule has 0 aliphatic heterocycles. The molecule has 2 rings (SSSR count). The normalized spacial score (nSPS) is 12.8. The summed E-state index contributed by atoms with van der Waals surface area (Å²) in [5, 5.41) is 3.01. The van der Waals surface area contributed by atoms with Gasteiger partial charge in [0.2, 0.25) is 11.8 Å². The van der Waals surface area contributed by atoms with Crippen molar-refractivity contribution in [3.63, 3.8) is 0 Å². The zero-order chi connectivity index (χ0) is 22.1. The van der Waals surface area contributed by atoms with Crippen molar-refractivity contribution in [1.29, 1.82) is 0 Å². The molecule has 30 heavy (non-hydrogen) atoms. The number of aryl methyl sites for hydroxylation is 2. The second-order valence-electron chi connectivity index (χ2n) is 7.92. The van der Waals surface area contributed by atoms with Crippen LogP contribution in [0.2, 0.25) is 0 Å². The van der Waals surface area contributed by atoms with E-state index >= 15 is 0 Å². The number of amides is 2. The zero-order valence-electron chi connectivity index (χ0n) is 18.8. The molecule has 1 N–H and O–H groups in total. The number of rotatable bonds is 10. The fraction of sp³-hybridized carbons (Fsp3) is 0.440. The van der Waals surface area contributed by atoms with Crippen molar-refractivity contribution >= 4 is 23.6 Å². The van der Waals surface area contributed by atoms with E-state index in [2.05, 4.69) is 30.4 Å². The lowest BCUT2D eigenvalue weighted by Gasteiger charge is -2.30. The van der Waals surface area contributed by atoms with E-state index in [4.69, 9.17) is 0 Å². The number of hydrogen-bond donors (Lipinski definition) is 1. The van der Waals surface area contributed by atoms with Crippen LogP contribution in [0.3, 0.4) is 0 Å². The van der Waals surface area contributed by atoms with Gasteiger partial charge >= 0.3 is 0 Å². The highest BCUT2D eigenvalue weighted by Gasteiger charge is 2.27. The Morgan fingerprint density at radius 1 is 1.07 bits per heavy atom. The molecule has 0 saturated heterocycles. The summed E-state index contributed by atoms with van der Waals surface area (Å²) >= 11 is 1.59. The quantitative estimate of drug-likeness (QED) is 0.590. The van der Waals surface area contributed by atoms with Gasteiger partial charge in [0.15, 0.2) is 0 Å². The van der Waals surface area contributed by atoms with Crippen molar-refractivity contribution in [2.75, 3.05) is 5.75 Å². The standard InChI is InChI=1S/C25H34N2O2S/c1-6-20(4)26-25(29)21(5)27(15-23-13-8-7-11-19(23)3)24(28)17-30-16-22-12-9-10-18(2)14-22/h7-14,20-21H,6,15-17H2,1-5H3,(H,26,29)/t20-,21-/m0/s1. The second-order valence-corrected chi connectivity index (χ2v) is 8.91. The fourth-order valence-corrected chi connectivity index (χ4v) is 4.02. The first-order valence-corrected chi connectivity index (χ1v) is 11.7. The van der Waals surface area contributed by atoms with Crippen molar-refractivity contribution in [2.45, 2.75) is 65.4 Å². The van der Waals surface area contributed by atoms with Gasteiger partial charge < -0.3 is 10.2 Å². The van der Waals surface area contributed by atoms with E-state index < -0.39 is 6.04 Å². The van der Waals surface area contributed by atoms with Crippen LogP contribution >= 0.6 is 11.8 Å². The molecule has 0 bridgehead atoms. The second kappa shape index (κ2) is 11.8. The Morgan fingerprint density at radius 2 is 1.80 bits per heavy atom. The number of benzene rings is 2. The number of nitrogens with one attached hydrogen (secondary N) is 1. The van der Waals surface area contributed by atoms with Gasteiger partial charge in [0.1, 0.15) is 6.04 Å². The highest BCUT2D eigenvalue weighted by Crippen LogP contribution is 2.18. The van der Waals surface area contributed by atoms with E-state index in [1.165, 1.54) is 11.1 Å². The highest BCUT2D eigenvalue weighted by molar-refractivity contribution is 7.99. The van der Waals surface area contributed by atoms with Gasteiger partial charge in [-0.3, -0.25) is 9.59 Å². The molecule has 2 atom stereocenters. The minimum atomic E-state index is -0.523. The molecular weight excluding hydrogens is 392 g/mol. The van der Waals surface area contributed by atoms with E-state index in [1.54, 1.807) is 16.7 Å². The van der Waals surface area contributed by atoms with Crippen molar-refractivity contribution in [2.24, 2.45) is 0 Å². The number of nitrogens with zero attached hydrogens (tertiary/aromatic N) is 1. The van der Waals surface area contributed by atoms with Crippen molar-refractivity contribution < 1.29 is 9.59 Å². The average Bonchev–Trinajstić information content (AvgIpc) is 2.72. The Labute approximate surface area is 185 Å². The Hall–Kier alpha value is -2.27. The molecule has 2 aromatic carbocycles. The summed E-state index contributed by atoms with van der Waals surface area (Å²) in [6.07, 6.45) is 0.858. The van der Waals surface area contributed by atoms with E-state index in [-0.39, 0.29) is 17.9 Å². The Balaban J connectivity index is 2.09. The first kappa shape index (κ1) is 24.0. The number of thioether (sulfide) groups is 1. The van der Waals surface area contributed by atoms with Crippen LogP contribution in [0.25, 0.3) is 0 Å². The van der Waals surface area contributed by atoms with Gasteiger partial charge in [-0.2, -0.15) is 0 Å². The third-order valence-corrected chi connectivity index (χ3v) is 6.34. The molecule has 0 aromatic heterocycles. The molecule has 0 unspecified atom stereocenters. The molecule has 2 amide bonds. The SMILES string of the molecule is CC[C@H](C)NC(=O)[C@H](C)N(Cc1ccccc1C)C(=O)CSCc1cccc(C)c1. The third-order valence-electron chi connectivity index (χ3n) is 5.35. The molecule has 0 heterocycles. The minimum absolute atomic E-state index is 0.0114.